The summed E-state index contributed by atoms with van der Waals surface area (Å²) in [6.07, 6.45) is 2.30. The fourth-order valence-electron chi connectivity index (χ4n) is 1.11. The van der Waals surface area contributed by atoms with Crippen LogP contribution in [0.1, 0.15) is 6.92 Å². The molecule has 0 aliphatic heterocycles. The monoisotopic (exact) mass is 236 g/mol. The highest BCUT2D eigenvalue weighted by Gasteiger charge is 2.07. The second-order valence-corrected chi connectivity index (χ2v) is 3.39. The zero-order valence-corrected chi connectivity index (χ0v) is 9.15. The summed E-state index contributed by atoms with van der Waals surface area (Å²) in [7, 11) is 0. The van der Waals surface area contributed by atoms with Crippen LogP contribution in [0.3, 0.4) is 0 Å². The summed E-state index contributed by atoms with van der Waals surface area (Å²) in [5.41, 5.74) is 5.55. The Morgan fingerprint density at radius 2 is 2.29 bits per heavy atom. The third-order valence-electron chi connectivity index (χ3n) is 1.82. The average molecular weight is 236 g/mol. The van der Waals surface area contributed by atoms with Crippen LogP contribution in [-0.4, -0.2) is 47.5 Å². The lowest BCUT2D eigenvalue weighted by Crippen LogP contribution is -2.18. The minimum atomic E-state index is -0.511. The topological polar surface area (TPSA) is 128 Å². The zero-order chi connectivity index (χ0) is 12.3. The van der Waals surface area contributed by atoms with Gasteiger partial charge in [0, 0.05) is 6.54 Å². The van der Waals surface area contributed by atoms with Gasteiger partial charge in [0.15, 0.2) is 0 Å². The number of nitrogens with one attached hydrogen (secondary N) is 1. The molecule has 2 heterocycles. The van der Waals surface area contributed by atoms with Crippen molar-refractivity contribution >= 4 is 11.9 Å². The van der Waals surface area contributed by atoms with Gasteiger partial charge in [-0.3, -0.25) is 0 Å². The molecular weight excluding hydrogens is 224 g/mol. The summed E-state index contributed by atoms with van der Waals surface area (Å²) < 4.78 is 1.37. The Bertz CT molecular complexity index is 482. The maximum Gasteiger partial charge on any atom is 0.258 e. The Labute approximate surface area is 96.8 Å². The Hall–Kier alpha value is -2.29. The van der Waals surface area contributed by atoms with Crippen LogP contribution in [0, 0.1) is 0 Å². The highest BCUT2D eigenvalue weighted by Crippen LogP contribution is 2.05. The molecule has 90 valence electrons. The SMILES string of the molecule is CC(O)CNc1nc(N)nc(-n2cncn2)n1. The molecule has 0 bridgehead atoms. The Balaban J connectivity index is 2.24. The van der Waals surface area contributed by atoms with Gasteiger partial charge in [-0.25, -0.2) is 4.98 Å². The molecule has 0 aromatic carbocycles. The van der Waals surface area contributed by atoms with Crippen molar-refractivity contribution in [2.45, 2.75) is 13.0 Å². The molecule has 2 aromatic rings. The summed E-state index contributed by atoms with van der Waals surface area (Å²) in [4.78, 5) is 15.7. The van der Waals surface area contributed by atoms with E-state index in [4.69, 9.17) is 10.8 Å². The van der Waals surface area contributed by atoms with Crippen LogP contribution in [0.2, 0.25) is 0 Å². The Morgan fingerprint density at radius 3 is 2.94 bits per heavy atom. The lowest BCUT2D eigenvalue weighted by Gasteiger charge is -2.08. The summed E-state index contributed by atoms with van der Waals surface area (Å²) in [6, 6.07) is 0. The van der Waals surface area contributed by atoms with E-state index in [0.717, 1.165) is 0 Å². The minimum Gasteiger partial charge on any atom is -0.392 e. The molecule has 0 aliphatic carbocycles. The fraction of sp³-hybridized carbons (Fsp3) is 0.375. The van der Waals surface area contributed by atoms with Gasteiger partial charge in [-0.1, -0.05) is 0 Å². The Kier molecular flexibility index (Phi) is 3.10. The molecule has 0 aliphatic rings. The first-order valence-corrected chi connectivity index (χ1v) is 4.93. The quantitative estimate of drug-likeness (QED) is 0.605. The molecular formula is C8H12N8O. The van der Waals surface area contributed by atoms with E-state index in [0.29, 0.717) is 6.54 Å². The van der Waals surface area contributed by atoms with Gasteiger partial charge in [0.05, 0.1) is 6.10 Å². The van der Waals surface area contributed by atoms with Crippen molar-refractivity contribution in [3.8, 4) is 5.95 Å². The van der Waals surface area contributed by atoms with E-state index in [2.05, 4.69) is 30.4 Å². The number of aliphatic hydroxyl groups excluding tert-OH is 1. The first-order chi connectivity index (χ1) is 8.15. The van der Waals surface area contributed by atoms with Crippen molar-refractivity contribution < 1.29 is 5.11 Å². The van der Waals surface area contributed by atoms with Crippen molar-refractivity contribution in [3.63, 3.8) is 0 Å². The van der Waals surface area contributed by atoms with Crippen molar-refractivity contribution in [1.29, 1.82) is 0 Å². The molecule has 2 rings (SSSR count). The van der Waals surface area contributed by atoms with E-state index in [1.165, 1.54) is 17.3 Å². The molecule has 0 saturated heterocycles. The van der Waals surface area contributed by atoms with Crippen LogP contribution in [0.4, 0.5) is 11.9 Å². The van der Waals surface area contributed by atoms with Gasteiger partial charge in [-0.15, -0.1) is 0 Å². The average Bonchev–Trinajstić information content (AvgIpc) is 2.79. The number of hydrogen-bond donors (Lipinski definition) is 3. The maximum atomic E-state index is 9.14. The maximum absolute atomic E-state index is 9.14. The van der Waals surface area contributed by atoms with Crippen molar-refractivity contribution in [3.05, 3.63) is 12.7 Å². The summed E-state index contributed by atoms with van der Waals surface area (Å²) >= 11 is 0. The molecule has 9 heteroatoms. The molecule has 0 amide bonds. The van der Waals surface area contributed by atoms with E-state index in [1.54, 1.807) is 6.92 Å². The number of aromatic nitrogens is 6. The van der Waals surface area contributed by atoms with E-state index in [-0.39, 0.29) is 17.8 Å². The van der Waals surface area contributed by atoms with Crippen LogP contribution in [0.5, 0.6) is 0 Å². The van der Waals surface area contributed by atoms with Gasteiger partial charge in [0.25, 0.3) is 5.95 Å². The van der Waals surface area contributed by atoms with Crippen LogP contribution >= 0.6 is 0 Å². The number of nitrogens with two attached hydrogens (primary N) is 1. The molecule has 0 radical (unpaired) electrons. The van der Waals surface area contributed by atoms with Crippen LogP contribution in [-0.2, 0) is 0 Å². The lowest BCUT2D eigenvalue weighted by atomic mass is 10.4. The van der Waals surface area contributed by atoms with Crippen molar-refractivity contribution in [1.82, 2.24) is 29.7 Å². The normalized spacial score (nSPS) is 12.4. The number of hydrogen-bond acceptors (Lipinski definition) is 8. The van der Waals surface area contributed by atoms with Gasteiger partial charge in [0.1, 0.15) is 12.7 Å². The number of nitrogen functional groups attached to an aromatic ring is 1. The first kappa shape index (κ1) is 11.2. The standard InChI is InChI=1S/C8H12N8O/c1-5(17)2-11-7-13-6(9)14-8(15-7)16-4-10-3-12-16/h3-5,17H,2H2,1H3,(H3,9,11,13,14,15). The first-order valence-electron chi connectivity index (χ1n) is 4.93. The highest BCUT2D eigenvalue weighted by molar-refractivity contribution is 5.34. The molecule has 0 fully saturated rings. The van der Waals surface area contributed by atoms with E-state index in [1.807, 2.05) is 0 Å². The molecule has 1 atom stereocenters. The van der Waals surface area contributed by atoms with Crippen LogP contribution in [0.25, 0.3) is 5.95 Å². The third-order valence-corrected chi connectivity index (χ3v) is 1.82. The number of nitrogens with zero attached hydrogens (tertiary/aromatic N) is 6. The molecule has 2 aromatic heterocycles. The van der Waals surface area contributed by atoms with E-state index in [9.17, 15) is 0 Å². The second-order valence-electron chi connectivity index (χ2n) is 3.39. The number of rotatable bonds is 4. The highest BCUT2D eigenvalue weighted by atomic mass is 16.3. The van der Waals surface area contributed by atoms with Crippen LogP contribution < -0.4 is 11.1 Å². The zero-order valence-electron chi connectivity index (χ0n) is 9.15. The predicted molar refractivity (Wildman–Crippen MR) is 59.3 cm³/mol. The fourth-order valence-corrected chi connectivity index (χ4v) is 1.11. The largest absolute Gasteiger partial charge is 0.392 e. The van der Waals surface area contributed by atoms with Gasteiger partial charge >= 0.3 is 0 Å². The summed E-state index contributed by atoms with van der Waals surface area (Å²) in [6.45, 7) is 1.97. The molecule has 4 N–H and O–H groups in total. The van der Waals surface area contributed by atoms with Crippen LogP contribution in [0.15, 0.2) is 12.7 Å². The molecule has 1 unspecified atom stereocenters. The van der Waals surface area contributed by atoms with Gasteiger partial charge in [-0.2, -0.15) is 24.7 Å². The van der Waals surface area contributed by atoms with Gasteiger partial charge in [0.2, 0.25) is 11.9 Å². The predicted octanol–water partition coefficient (Wildman–Crippen LogP) is -1.17. The van der Waals surface area contributed by atoms with Crippen molar-refractivity contribution in [2.75, 3.05) is 17.6 Å². The minimum absolute atomic E-state index is 0.0681. The van der Waals surface area contributed by atoms with Gasteiger partial charge < -0.3 is 16.2 Å². The number of aliphatic hydroxyl groups is 1. The van der Waals surface area contributed by atoms with Crippen molar-refractivity contribution in [2.24, 2.45) is 0 Å². The smallest absolute Gasteiger partial charge is 0.258 e. The summed E-state index contributed by atoms with van der Waals surface area (Å²) in [5.74, 6) is 0.616. The van der Waals surface area contributed by atoms with E-state index < -0.39 is 6.10 Å². The molecule has 9 nitrogen and oxygen atoms in total. The lowest BCUT2D eigenvalue weighted by molar-refractivity contribution is 0.208. The third kappa shape index (κ3) is 2.84. The summed E-state index contributed by atoms with van der Waals surface area (Å²) in [5, 5.41) is 15.9. The number of anilines is 2. The second kappa shape index (κ2) is 4.70. The van der Waals surface area contributed by atoms with E-state index >= 15 is 0 Å². The molecule has 0 saturated carbocycles. The molecule has 17 heavy (non-hydrogen) atoms. The molecule has 0 spiro atoms. The van der Waals surface area contributed by atoms with Gasteiger partial charge in [-0.05, 0) is 6.92 Å². The Morgan fingerprint density at radius 1 is 1.47 bits per heavy atom.